The number of hydrogen-bond acceptors (Lipinski definition) is 5. The number of hydrogen-bond donors (Lipinski definition) is 2. The number of rotatable bonds is 4. The first-order chi connectivity index (χ1) is 14.1. The molecule has 4 aromatic rings. The largest absolute Gasteiger partial charge is 0.436 e. The predicted molar refractivity (Wildman–Crippen MR) is 117 cm³/mol. The maximum absolute atomic E-state index is 12.2. The lowest BCUT2D eigenvalue weighted by atomic mass is 10.1. The Kier molecular flexibility index (Phi) is 5.31. The summed E-state index contributed by atoms with van der Waals surface area (Å²) in [6.07, 6.45) is 4.03. The van der Waals surface area contributed by atoms with E-state index in [0.717, 1.165) is 28.8 Å². The number of carbonyl (C=O) groups is 1. The van der Waals surface area contributed by atoms with Crippen LogP contribution in [-0.4, -0.2) is 21.0 Å². The third-order valence-corrected chi connectivity index (χ3v) is 4.58. The molecule has 0 bridgehead atoms. The van der Waals surface area contributed by atoms with Crippen LogP contribution in [-0.2, 0) is 6.42 Å². The highest BCUT2D eigenvalue weighted by Gasteiger charge is 2.11. The SMILES string of the molecule is CCc1ccc2oc(-c3cccc(NC(=S)NC(=O)c4cccnc4)c3)nc2c1. The zero-order chi connectivity index (χ0) is 20.2. The fourth-order valence-corrected chi connectivity index (χ4v) is 3.09. The normalized spacial score (nSPS) is 10.7. The van der Waals surface area contributed by atoms with Gasteiger partial charge in [0, 0.05) is 23.6 Å². The fraction of sp³-hybridized carbons (Fsp3) is 0.0909. The Balaban J connectivity index is 1.50. The van der Waals surface area contributed by atoms with Gasteiger partial charge in [0.05, 0.1) is 5.56 Å². The van der Waals surface area contributed by atoms with Crippen LogP contribution in [0.5, 0.6) is 0 Å². The van der Waals surface area contributed by atoms with Gasteiger partial charge in [0.15, 0.2) is 10.7 Å². The number of aryl methyl sites for hydroxylation is 1. The summed E-state index contributed by atoms with van der Waals surface area (Å²) in [7, 11) is 0. The molecule has 2 heterocycles. The number of pyridine rings is 1. The number of benzene rings is 2. The molecule has 0 aliphatic heterocycles. The second kappa shape index (κ2) is 8.20. The van der Waals surface area contributed by atoms with Crippen molar-refractivity contribution in [3.8, 4) is 11.5 Å². The average molecular weight is 402 g/mol. The van der Waals surface area contributed by atoms with Crippen LogP contribution in [0, 0.1) is 0 Å². The lowest BCUT2D eigenvalue weighted by Gasteiger charge is -2.10. The molecule has 144 valence electrons. The van der Waals surface area contributed by atoms with Crippen LogP contribution in [0.3, 0.4) is 0 Å². The van der Waals surface area contributed by atoms with E-state index in [9.17, 15) is 4.79 Å². The third kappa shape index (κ3) is 4.30. The monoisotopic (exact) mass is 402 g/mol. The Labute approximate surface area is 173 Å². The smallest absolute Gasteiger partial charge is 0.258 e. The molecule has 0 atom stereocenters. The van der Waals surface area contributed by atoms with Crippen molar-refractivity contribution in [2.24, 2.45) is 0 Å². The number of amides is 1. The maximum Gasteiger partial charge on any atom is 0.258 e. The van der Waals surface area contributed by atoms with Crippen molar-refractivity contribution < 1.29 is 9.21 Å². The molecule has 4 rings (SSSR count). The minimum Gasteiger partial charge on any atom is -0.436 e. The number of nitrogens with zero attached hydrogens (tertiary/aromatic N) is 2. The Morgan fingerprint density at radius 1 is 1.14 bits per heavy atom. The predicted octanol–water partition coefficient (Wildman–Crippen LogP) is 4.58. The Hall–Kier alpha value is -3.58. The highest BCUT2D eigenvalue weighted by atomic mass is 32.1. The van der Waals surface area contributed by atoms with E-state index in [-0.39, 0.29) is 11.0 Å². The summed E-state index contributed by atoms with van der Waals surface area (Å²) < 4.78 is 5.89. The van der Waals surface area contributed by atoms with Gasteiger partial charge in [0.25, 0.3) is 5.91 Å². The van der Waals surface area contributed by atoms with Crippen molar-refractivity contribution in [3.63, 3.8) is 0 Å². The highest BCUT2D eigenvalue weighted by Crippen LogP contribution is 2.27. The Bertz CT molecular complexity index is 1190. The summed E-state index contributed by atoms with van der Waals surface area (Å²) in [4.78, 5) is 20.7. The molecule has 0 fully saturated rings. The first-order valence-corrected chi connectivity index (χ1v) is 9.55. The summed E-state index contributed by atoms with van der Waals surface area (Å²) in [5.41, 5.74) is 4.75. The van der Waals surface area contributed by atoms with Gasteiger partial charge in [-0.25, -0.2) is 4.98 Å². The van der Waals surface area contributed by atoms with E-state index in [1.54, 1.807) is 18.3 Å². The van der Waals surface area contributed by atoms with Gasteiger partial charge in [-0.1, -0.05) is 19.1 Å². The number of thiocarbonyl (C=S) groups is 1. The number of nitrogens with one attached hydrogen (secondary N) is 2. The molecule has 2 N–H and O–H groups in total. The van der Waals surface area contributed by atoms with Gasteiger partial charge in [-0.05, 0) is 66.7 Å². The minimum atomic E-state index is -0.322. The van der Waals surface area contributed by atoms with E-state index in [2.05, 4.69) is 27.5 Å². The van der Waals surface area contributed by atoms with E-state index < -0.39 is 0 Å². The van der Waals surface area contributed by atoms with Gasteiger partial charge in [-0.15, -0.1) is 0 Å². The number of aromatic nitrogens is 2. The zero-order valence-corrected chi connectivity index (χ0v) is 16.5. The second-order valence-corrected chi connectivity index (χ2v) is 6.81. The summed E-state index contributed by atoms with van der Waals surface area (Å²) in [5, 5.41) is 5.85. The number of fused-ring (bicyclic) bond motifs is 1. The third-order valence-electron chi connectivity index (χ3n) is 4.38. The van der Waals surface area contributed by atoms with Gasteiger partial charge < -0.3 is 9.73 Å². The van der Waals surface area contributed by atoms with Gasteiger partial charge in [0.2, 0.25) is 5.89 Å². The average Bonchev–Trinajstić information content (AvgIpc) is 3.17. The molecule has 1 amide bonds. The summed E-state index contributed by atoms with van der Waals surface area (Å²) >= 11 is 5.25. The topological polar surface area (TPSA) is 80.0 Å². The van der Waals surface area contributed by atoms with Crippen LogP contribution in [0.25, 0.3) is 22.6 Å². The molecule has 0 unspecified atom stereocenters. The van der Waals surface area contributed by atoms with Crippen molar-refractivity contribution in [1.29, 1.82) is 0 Å². The fourth-order valence-electron chi connectivity index (χ4n) is 2.88. The van der Waals surface area contributed by atoms with Crippen LogP contribution < -0.4 is 10.6 Å². The summed E-state index contributed by atoms with van der Waals surface area (Å²) in [6, 6.07) is 16.9. The molecule has 2 aromatic heterocycles. The molecule has 6 nitrogen and oxygen atoms in total. The van der Waals surface area contributed by atoms with Gasteiger partial charge in [-0.2, -0.15) is 0 Å². The first kappa shape index (κ1) is 18.8. The summed E-state index contributed by atoms with van der Waals surface area (Å²) in [5.74, 6) is 0.208. The lowest BCUT2D eigenvalue weighted by Crippen LogP contribution is -2.34. The molecule has 7 heteroatoms. The van der Waals surface area contributed by atoms with E-state index in [1.165, 1.54) is 11.8 Å². The van der Waals surface area contributed by atoms with Crippen molar-refractivity contribution in [2.75, 3.05) is 5.32 Å². The van der Waals surface area contributed by atoms with Crippen molar-refractivity contribution in [3.05, 3.63) is 78.1 Å². The van der Waals surface area contributed by atoms with Crippen LogP contribution in [0.1, 0.15) is 22.8 Å². The van der Waals surface area contributed by atoms with Crippen molar-refractivity contribution in [2.45, 2.75) is 13.3 Å². The minimum absolute atomic E-state index is 0.196. The standard InChI is InChI=1S/C22H18N4O2S/c1-2-14-8-9-19-18(11-14)25-21(28-19)15-5-3-7-17(12-15)24-22(29)26-20(27)16-6-4-10-23-13-16/h3-13H,2H2,1H3,(H2,24,26,27,29). The van der Waals surface area contributed by atoms with Crippen molar-refractivity contribution in [1.82, 2.24) is 15.3 Å². The second-order valence-electron chi connectivity index (χ2n) is 6.41. The zero-order valence-electron chi connectivity index (χ0n) is 15.7. The quantitative estimate of drug-likeness (QED) is 0.487. The molecule has 2 aromatic carbocycles. The van der Waals surface area contributed by atoms with Crippen LogP contribution >= 0.6 is 12.2 Å². The molecule has 0 aliphatic rings. The number of carbonyl (C=O) groups excluding carboxylic acids is 1. The van der Waals surface area contributed by atoms with Gasteiger partial charge in [-0.3, -0.25) is 15.1 Å². The highest BCUT2D eigenvalue weighted by molar-refractivity contribution is 7.80. The van der Waals surface area contributed by atoms with Gasteiger partial charge >= 0.3 is 0 Å². The lowest BCUT2D eigenvalue weighted by molar-refractivity contribution is 0.0977. The molecule has 0 saturated heterocycles. The molecular formula is C22H18N4O2S. The van der Waals surface area contributed by atoms with E-state index in [4.69, 9.17) is 16.6 Å². The van der Waals surface area contributed by atoms with E-state index in [1.807, 2.05) is 42.5 Å². The molecule has 0 spiro atoms. The maximum atomic E-state index is 12.2. The van der Waals surface area contributed by atoms with Gasteiger partial charge in [0.1, 0.15) is 5.52 Å². The van der Waals surface area contributed by atoms with E-state index >= 15 is 0 Å². The molecule has 0 aliphatic carbocycles. The Morgan fingerprint density at radius 2 is 2.03 bits per heavy atom. The number of oxazole rings is 1. The van der Waals surface area contributed by atoms with Crippen molar-refractivity contribution >= 4 is 40.0 Å². The Morgan fingerprint density at radius 3 is 2.83 bits per heavy atom. The molecule has 0 radical (unpaired) electrons. The molecule has 29 heavy (non-hydrogen) atoms. The van der Waals surface area contributed by atoms with Crippen LogP contribution in [0.15, 0.2) is 71.4 Å². The van der Waals surface area contributed by atoms with Crippen LogP contribution in [0.2, 0.25) is 0 Å². The van der Waals surface area contributed by atoms with Crippen LogP contribution in [0.4, 0.5) is 5.69 Å². The molecule has 0 saturated carbocycles. The summed E-state index contributed by atoms with van der Waals surface area (Å²) in [6.45, 7) is 2.10. The number of anilines is 1. The van der Waals surface area contributed by atoms with E-state index in [0.29, 0.717) is 11.5 Å². The molecular weight excluding hydrogens is 384 g/mol. The first-order valence-electron chi connectivity index (χ1n) is 9.14.